The van der Waals surface area contributed by atoms with E-state index >= 15 is 0 Å². The highest BCUT2D eigenvalue weighted by molar-refractivity contribution is 6.08. The topological polar surface area (TPSA) is 107 Å². The van der Waals surface area contributed by atoms with Crippen molar-refractivity contribution in [1.82, 2.24) is 15.4 Å². The number of rotatable bonds is 4. The van der Waals surface area contributed by atoms with E-state index in [2.05, 4.69) is 22.2 Å². The van der Waals surface area contributed by atoms with Crippen LogP contribution in [0.5, 0.6) is 5.75 Å². The normalized spacial score (nSPS) is 13.3. The zero-order valence-corrected chi connectivity index (χ0v) is 17.4. The number of nitrogens with one attached hydrogen (secondary N) is 3. The quantitative estimate of drug-likeness (QED) is 0.376. The van der Waals surface area contributed by atoms with Gasteiger partial charge in [0.25, 0.3) is 11.8 Å². The Balaban J connectivity index is 0.00000256. The van der Waals surface area contributed by atoms with Crippen LogP contribution in [-0.4, -0.2) is 47.6 Å². The zero-order valence-electron chi connectivity index (χ0n) is 16.6. The molecule has 30 heavy (non-hydrogen) atoms. The van der Waals surface area contributed by atoms with Gasteiger partial charge in [-0.25, -0.2) is 5.48 Å². The van der Waals surface area contributed by atoms with Gasteiger partial charge in [0.2, 0.25) is 0 Å². The van der Waals surface area contributed by atoms with E-state index in [9.17, 15) is 9.59 Å². The van der Waals surface area contributed by atoms with Gasteiger partial charge in [-0.2, -0.15) is 0 Å². The lowest BCUT2D eigenvalue weighted by Crippen LogP contribution is -2.26. The smallest absolute Gasteiger partial charge is 0.274 e. The van der Waals surface area contributed by atoms with Crippen LogP contribution in [-0.2, 0) is 13.0 Å². The number of methoxy groups -OCH3 is 1. The third-order valence-corrected chi connectivity index (χ3v) is 5.24. The number of hydrogen-bond donors (Lipinski definition) is 4. The molecule has 0 saturated heterocycles. The third-order valence-electron chi connectivity index (χ3n) is 5.24. The van der Waals surface area contributed by atoms with Gasteiger partial charge in [-0.1, -0.05) is 0 Å². The Morgan fingerprint density at radius 3 is 2.60 bits per heavy atom. The van der Waals surface area contributed by atoms with Crippen LogP contribution in [0.3, 0.4) is 0 Å². The van der Waals surface area contributed by atoms with E-state index in [-0.39, 0.29) is 23.9 Å². The van der Waals surface area contributed by atoms with E-state index in [1.807, 2.05) is 12.1 Å². The molecule has 0 aliphatic carbocycles. The van der Waals surface area contributed by atoms with Crippen molar-refractivity contribution in [1.29, 1.82) is 0 Å². The second-order valence-corrected chi connectivity index (χ2v) is 7.14. The van der Waals surface area contributed by atoms with Gasteiger partial charge in [-0.05, 0) is 49.0 Å². The van der Waals surface area contributed by atoms with Gasteiger partial charge in [0.1, 0.15) is 5.75 Å². The first kappa shape index (κ1) is 21.6. The number of amides is 2. The molecule has 1 aliphatic heterocycles. The first-order valence-electron chi connectivity index (χ1n) is 9.26. The zero-order chi connectivity index (χ0) is 20.5. The number of carbonyl (C=O) groups is 2. The van der Waals surface area contributed by atoms with Crippen molar-refractivity contribution < 1.29 is 19.5 Å². The van der Waals surface area contributed by atoms with Gasteiger partial charge in [0.15, 0.2) is 0 Å². The average Bonchev–Trinajstić information content (AvgIpc) is 3.10. The first-order chi connectivity index (χ1) is 14.0. The number of fused-ring (bicyclic) bond motifs is 3. The van der Waals surface area contributed by atoms with Crippen LogP contribution >= 0.6 is 12.4 Å². The largest absolute Gasteiger partial charge is 0.495 e. The van der Waals surface area contributed by atoms with Crippen molar-refractivity contribution in [2.45, 2.75) is 13.0 Å². The Labute approximate surface area is 179 Å². The molecule has 0 fully saturated rings. The predicted molar refractivity (Wildman–Crippen MR) is 116 cm³/mol. The van der Waals surface area contributed by atoms with Crippen molar-refractivity contribution >= 4 is 40.8 Å². The number of nitrogens with zero attached hydrogens (tertiary/aromatic N) is 1. The summed E-state index contributed by atoms with van der Waals surface area (Å²) < 4.78 is 5.28. The van der Waals surface area contributed by atoms with Crippen molar-refractivity contribution in [3.63, 3.8) is 0 Å². The molecule has 2 heterocycles. The number of likely N-dealkylation sites (N-methyl/N-ethyl adjacent to an activating group) is 1. The van der Waals surface area contributed by atoms with E-state index in [1.165, 1.54) is 30.5 Å². The minimum absolute atomic E-state index is 0. The van der Waals surface area contributed by atoms with Gasteiger partial charge in [-0.3, -0.25) is 14.8 Å². The molecule has 0 radical (unpaired) electrons. The molecule has 158 valence electrons. The van der Waals surface area contributed by atoms with Crippen LogP contribution in [0.15, 0.2) is 36.4 Å². The highest BCUT2D eigenvalue weighted by atomic mass is 35.5. The lowest BCUT2D eigenvalue weighted by molar-refractivity contribution is 0.0706. The molecule has 1 aromatic heterocycles. The number of halogens is 1. The number of carbonyl (C=O) groups excluding carboxylic acids is 2. The predicted octanol–water partition coefficient (Wildman–Crippen LogP) is 2.96. The highest BCUT2D eigenvalue weighted by Gasteiger charge is 2.20. The highest BCUT2D eigenvalue weighted by Crippen LogP contribution is 2.29. The van der Waals surface area contributed by atoms with Gasteiger partial charge in [0, 0.05) is 47.2 Å². The summed E-state index contributed by atoms with van der Waals surface area (Å²) in [6.07, 6.45) is 0.957. The maximum atomic E-state index is 12.9. The molecule has 4 N–H and O–H groups in total. The second-order valence-electron chi connectivity index (χ2n) is 7.14. The van der Waals surface area contributed by atoms with Crippen LogP contribution in [0.2, 0.25) is 0 Å². The lowest BCUT2D eigenvalue weighted by atomic mass is 10.0. The standard InChI is InChI=1S/C21H22N4O4.ClH/c1-25-8-7-17-15(11-25)14-9-12(3-5-16(14)22-17)20(26)23-18-10-13(21(27)24-28)4-6-19(18)29-2;/h3-6,9-10,22,28H,7-8,11H2,1-2H3,(H,23,26)(H,24,27);1H. The minimum atomic E-state index is -0.673. The minimum Gasteiger partial charge on any atom is -0.495 e. The number of H-pyrrole nitrogens is 1. The van der Waals surface area contributed by atoms with Crippen molar-refractivity contribution in [3.05, 3.63) is 58.8 Å². The van der Waals surface area contributed by atoms with Crippen LogP contribution in [0.1, 0.15) is 32.0 Å². The molecule has 2 amide bonds. The SMILES string of the molecule is COc1ccc(C(=O)NO)cc1NC(=O)c1ccc2[nH]c3c(c2c1)CN(C)CC3.Cl. The molecule has 0 atom stereocenters. The van der Waals surface area contributed by atoms with Crippen LogP contribution < -0.4 is 15.5 Å². The summed E-state index contributed by atoms with van der Waals surface area (Å²) in [7, 11) is 3.56. The Bertz CT molecular complexity index is 1110. The summed E-state index contributed by atoms with van der Waals surface area (Å²) >= 11 is 0. The summed E-state index contributed by atoms with van der Waals surface area (Å²) in [6.45, 7) is 1.84. The molecule has 0 saturated carbocycles. The number of benzene rings is 2. The maximum Gasteiger partial charge on any atom is 0.274 e. The molecular weight excluding hydrogens is 408 g/mol. The number of aromatic amines is 1. The van der Waals surface area contributed by atoms with E-state index in [1.54, 1.807) is 17.6 Å². The first-order valence-corrected chi connectivity index (χ1v) is 9.26. The van der Waals surface area contributed by atoms with Crippen molar-refractivity contribution in [2.24, 2.45) is 0 Å². The molecule has 1 aliphatic rings. The van der Waals surface area contributed by atoms with E-state index in [4.69, 9.17) is 9.94 Å². The van der Waals surface area contributed by atoms with Crippen molar-refractivity contribution in [2.75, 3.05) is 26.0 Å². The fourth-order valence-electron chi connectivity index (χ4n) is 3.70. The number of ether oxygens (including phenoxy) is 1. The summed E-state index contributed by atoms with van der Waals surface area (Å²) in [5, 5.41) is 12.7. The Hall–Kier alpha value is -3.07. The second kappa shape index (κ2) is 8.74. The van der Waals surface area contributed by atoms with Gasteiger partial charge in [-0.15, -0.1) is 12.4 Å². The summed E-state index contributed by atoms with van der Waals surface area (Å²) in [6, 6.07) is 10.1. The van der Waals surface area contributed by atoms with E-state index in [0.717, 1.165) is 30.4 Å². The Morgan fingerprint density at radius 2 is 1.87 bits per heavy atom. The van der Waals surface area contributed by atoms with Crippen LogP contribution in [0.4, 0.5) is 5.69 Å². The number of anilines is 1. The van der Waals surface area contributed by atoms with Crippen LogP contribution in [0, 0.1) is 0 Å². The molecule has 3 aromatic rings. The lowest BCUT2D eigenvalue weighted by Gasteiger charge is -2.22. The average molecular weight is 431 g/mol. The molecule has 0 spiro atoms. The fourth-order valence-corrected chi connectivity index (χ4v) is 3.70. The molecule has 0 unspecified atom stereocenters. The number of aromatic nitrogens is 1. The summed E-state index contributed by atoms with van der Waals surface area (Å²) in [4.78, 5) is 30.3. The summed E-state index contributed by atoms with van der Waals surface area (Å²) in [5.41, 5.74) is 6.09. The molecule has 8 nitrogen and oxygen atoms in total. The molecule has 2 aromatic carbocycles. The van der Waals surface area contributed by atoms with Crippen LogP contribution in [0.25, 0.3) is 10.9 Å². The molecule has 0 bridgehead atoms. The third kappa shape index (κ3) is 3.97. The van der Waals surface area contributed by atoms with Gasteiger partial charge >= 0.3 is 0 Å². The van der Waals surface area contributed by atoms with E-state index in [0.29, 0.717) is 17.0 Å². The van der Waals surface area contributed by atoms with Gasteiger partial charge < -0.3 is 19.9 Å². The molecule has 9 heteroatoms. The Morgan fingerprint density at radius 1 is 1.13 bits per heavy atom. The molecule has 4 rings (SSSR count). The van der Waals surface area contributed by atoms with E-state index < -0.39 is 5.91 Å². The Kier molecular flexibility index (Phi) is 6.31. The van der Waals surface area contributed by atoms with Gasteiger partial charge in [0.05, 0.1) is 12.8 Å². The number of hydroxylamine groups is 1. The number of hydrogen-bond acceptors (Lipinski definition) is 5. The fraction of sp³-hybridized carbons (Fsp3) is 0.238. The maximum absolute atomic E-state index is 12.9. The molecular formula is C21H23ClN4O4. The monoisotopic (exact) mass is 430 g/mol. The van der Waals surface area contributed by atoms with Crippen molar-refractivity contribution in [3.8, 4) is 5.75 Å². The summed E-state index contributed by atoms with van der Waals surface area (Å²) in [5.74, 6) is -0.576.